The van der Waals surface area contributed by atoms with E-state index in [-0.39, 0.29) is 0 Å². The Morgan fingerprint density at radius 1 is 1.44 bits per heavy atom. The molecule has 0 saturated heterocycles. The molecular formula is C8H15N. The molecule has 0 amide bonds. The third-order valence-electron chi connectivity index (χ3n) is 1.78. The van der Waals surface area contributed by atoms with Crippen molar-refractivity contribution in [3.8, 4) is 12.3 Å². The highest BCUT2D eigenvalue weighted by atomic mass is 14.5. The van der Waals surface area contributed by atoms with E-state index in [0.717, 1.165) is 13.0 Å². The van der Waals surface area contributed by atoms with E-state index in [1.54, 1.807) is 0 Å². The zero-order chi connectivity index (χ0) is 7.28. The van der Waals surface area contributed by atoms with Crippen LogP contribution in [0, 0.1) is 24.2 Å². The minimum absolute atomic E-state index is 0.557. The summed E-state index contributed by atoms with van der Waals surface area (Å²) in [7, 11) is 0. The number of hydrogen-bond acceptors (Lipinski definition) is 1. The van der Waals surface area contributed by atoms with Gasteiger partial charge in [-0.05, 0) is 18.4 Å². The summed E-state index contributed by atoms with van der Waals surface area (Å²) in [6.07, 6.45) is 5.98. The lowest BCUT2D eigenvalue weighted by Gasteiger charge is -2.14. The summed E-state index contributed by atoms with van der Waals surface area (Å²) in [5.41, 5.74) is 5.43. The summed E-state index contributed by atoms with van der Waals surface area (Å²) in [6, 6.07) is 0. The second-order valence-corrected chi connectivity index (χ2v) is 2.60. The van der Waals surface area contributed by atoms with E-state index in [1.807, 2.05) is 0 Å². The van der Waals surface area contributed by atoms with Gasteiger partial charge in [-0.25, -0.2) is 0 Å². The molecule has 0 spiro atoms. The number of nitrogens with two attached hydrogens (primary N) is 1. The van der Waals surface area contributed by atoms with Crippen molar-refractivity contribution in [1.29, 1.82) is 0 Å². The lowest BCUT2D eigenvalue weighted by molar-refractivity contribution is 0.405. The van der Waals surface area contributed by atoms with Crippen LogP contribution in [0.5, 0.6) is 0 Å². The van der Waals surface area contributed by atoms with Crippen LogP contribution >= 0.6 is 0 Å². The second-order valence-electron chi connectivity index (χ2n) is 2.60. The van der Waals surface area contributed by atoms with Crippen LogP contribution in [0.15, 0.2) is 0 Å². The average Bonchev–Trinajstić information content (AvgIpc) is 1.87. The summed E-state index contributed by atoms with van der Waals surface area (Å²) in [5, 5.41) is 0. The topological polar surface area (TPSA) is 26.0 Å². The van der Waals surface area contributed by atoms with E-state index < -0.39 is 0 Å². The Hall–Kier alpha value is -0.480. The van der Waals surface area contributed by atoms with E-state index in [2.05, 4.69) is 19.8 Å². The van der Waals surface area contributed by atoms with Crippen molar-refractivity contribution in [1.82, 2.24) is 0 Å². The molecule has 2 unspecified atom stereocenters. The first-order valence-electron chi connectivity index (χ1n) is 3.36. The van der Waals surface area contributed by atoms with Crippen LogP contribution in [0.1, 0.15) is 20.3 Å². The first-order valence-corrected chi connectivity index (χ1v) is 3.36. The largest absolute Gasteiger partial charge is 0.330 e. The molecule has 2 N–H and O–H groups in total. The quantitative estimate of drug-likeness (QED) is 0.564. The van der Waals surface area contributed by atoms with E-state index in [4.69, 9.17) is 12.2 Å². The van der Waals surface area contributed by atoms with Crippen LogP contribution in [-0.4, -0.2) is 6.54 Å². The normalized spacial score (nSPS) is 16.2. The summed E-state index contributed by atoms with van der Waals surface area (Å²) in [6.45, 7) is 5.00. The molecule has 9 heavy (non-hydrogen) atoms. The van der Waals surface area contributed by atoms with Gasteiger partial charge in [0, 0.05) is 6.42 Å². The maximum absolute atomic E-state index is 5.43. The standard InChI is InChI=1S/C8H15N/c1-4-5-7(2)8(3)6-9/h1,7-8H,5-6,9H2,2-3H3. The number of rotatable bonds is 3. The molecule has 2 atom stereocenters. The molecule has 0 fully saturated rings. The Morgan fingerprint density at radius 2 is 2.00 bits per heavy atom. The van der Waals surface area contributed by atoms with Gasteiger partial charge in [0.1, 0.15) is 0 Å². The fraction of sp³-hybridized carbons (Fsp3) is 0.750. The highest BCUT2D eigenvalue weighted by molar-refractivity contribution is 4.86. The third kappa shape index (κ3) is 3.16. The van der Waals surface area contributed by atoms with Gasteiger partial charge in [0.2, 0.25) is 0 Å². The molecule has 0 aromatic rings. The predicted molar refractivity (Wildman–Crippen MR) is 40.8 cm³/mol. The fourth-order valence-electron chi connectivity index (χ4n) is 0.619. The van der Waals surface area contributed by atoms with Crippen molar-refractivity contribution in [2.24, 2.45) is 17.6 Å². The monoisotopic (exact) mass is 125 g/mol. The van der Waals surface area contributed by atoms with Crippen molar-refractivity contribution in [2.45, 2.75) is 20.3 Å². The molecule has 0 aliphatic rings. The minimum Gasteiger partial charge on any atom is -0.330 e. The molecule has 0 bridgehead atoms. The Bertz CT molecular complexity index is 102. The molecule has 0 aliphatic carbocycles. The molecule has 0 aliphatic heterocycles. The van der Waals surface area contributed by atoms with Gasteiger partial charge in [0.25, 0.3) is 0 Å². The molecule has 0 aromatic carbocycles. The zero-order valence-electron chi connectivity index (χ0n) is 6.22. The summed E-state index contributed by atoms with van der Waals surface area (Å²) < 4.78 is 0. The fourth-order valence-corrected chi connectivity index (χ4v) is 0.619. The Morgan fingerprint density at radius 3 is 2.33 bits per heavy atom. The van der Waals surface area contributed by atoms with Gasteiger partial charge >= 0.3 is 0 Å². The molecule has 1 heteroatoms. The van der Waals surface area contributed by atoms with Gasteiger partial charge in [-0.15, -0.1) is 12.3 Å². The summed E-state index contributed by atoms with van der Waals surface area (Å²) in [5.74, 6) is 3.75. The summed E-state index contributed by atoms with van der Waals surface area (Å²) in [4.78, 5) is 0. The lowest BCUT2D eigenvalue weighted by Crippen LogP contribution is -2.17. The van der Waals surface area contributed by atoms with Crippen molar-refractivity contribution in [2.75, 3.05) is 6.54 Å². The smallest absolute Gasteiger partial charge is 0.0115 e. The SMILES string of the molecule is C#CCC(C)C(C)CN. The van der Waals surface area contributed by atoms with Gasteiger partial charge in [0.05, 0.1) is 0 Å². The van der Waals surface area contributed by atoms with Gasteiger partial charge in [0.15, 0.2) is 0 Å². The molecule has 0 saturated carbocycles. The highest BCUT2D eigenvalue weighted by Gasteiger charge is 2.07. The zero-order valence-corrected chi connectivity index (χ0v) is 6.22. The molecule has 0 rings (SSSR count). The summed E-state index contributed by atoms with van der Waals surface area (Å²) >= 11 is 0. The van der Waals surface area contributed by atoms with Crippen LogP contribution < -0.4 is 5.73 Å². The number of hydrogen-bond donors (Lipinski definition) is 1. The van der Waals surface area contributed by atoms with Crippen molar-refractivity contribution in [3.63, 3.8) is 0 Å². The Labute approximate surface area is 57.6 Å². The molecule has 52 valence electrons. The average molecular weight is 125 g/mol. The highest BCUT2D eigenvalue weighted by Crippen LogP contribution is 2.11. The van der Waals surface area contributed by atoms with Gasteiger partial charge in [-0.2, -0.15) is 0 Å². The molecular weight excluding hydrogens is 110 g/mol. The maximum atomic E-state index is 5.43. The van der Waals surface area contributed by atoms with Crippen molar-refractivity contribution in [3.05, 3.63) is 0 Å². The lowest BCUT2D eigenvalue weighted by atomic mass is 9.94. The van der Waals surface area contributed by atoms with E-state index in [0.29, 0.717) is 11.8 Å². The molecule has 0 radical (unpaired) electrons. The number of terminal acetylenes is 1. The van der Waals surface area contributed by atoms with Crippen LogP contribution in [0.25, 0.3) is 0 Å². The van der Waals surface area contributed by atoms with Crippen LogP contribution in [-0.2, 0) is 0 Å². The Kier molecular flexibility index (Phi) is 4.17. The van der Waals surface area contributed by atoms with Gasteiger partial charge in [-0.3, -0.25) is 0 Å². The Balaban J connectivity index is 3.48. The third-order valence-corrected chi connectivity index (χ3v) is 1.78. The molecule has 0 aromatic heterocycles. The maximum Gasteiger partial charge on any atom is 0.0115 e. The predicted octanol–water partition coefficient (Wildman–Crippen LogP) is 1.24. The van der Waals surface area contributed by atoms with Crippen LogP contribution in [0.3, 0.4) is 0 Å². The van der Waals surface area contributed by atoms with Gasteiger partial charge < -0.3 is 5.73 Å². The van der Waals surface area contributed by atoms with Gasteiger partial charge in [-0.1, -0.05) is 13.8 Å². The molecule has 1 nitrogen and oxygen atoms in total. The van der Waals surface area contributed by atoms with E-state index in [1.165, 1.54) is 0 Å². The molecule has 0 heterocycles. The van der Waals surface area contributed by atoms with Crippen LogP contribution in [0.4, 0.5) is 0 Å². The van der Waals surface area contributed by atoms with Crippen molar-refractivity contribution < 1.29 is 0 Å². The first-order chi connectivity index (χ1) is 4.22. The van der Waals surface area contributed by atoms with E-state index >= 15 is 0 Å². The second kappa shape index (κ2) is 4.40. The first kappa shape index (κ1) is 8.52. The van der Waals surface area contributed by atoms with E-state index in [9.17, 15) is 0 Å². The van der Waals surface area contributed by atoms with Crippen molar-refractivity contribution >= 4 is 0 Å². The van der Waals surface area contributed by atoms with Crippen LogP contribution in [0.2, 0.25) is 0 Å². The minimum atomic E-state index is 0.557.